The molecule has 2 fully saturated rings. The van der Waals surface area contributed by atoms with Gasteiger partial charge in [0.15, 0.2) is 23.0 Å². The highest BCUT2D eigenvalue weighted by Gasteiger charge is 2.43. The molecule has 2 aromatic heterocycles. The van der Waals surface area contributed by atoms with Crippen LogP contribution in [-0.4, -0.2) is 113 Å². The molecule has 4 aromatic rings. The first-order chi connectivity index (χ1) is 31.1. The van der Waals surface area contributed by atoms with Crippen molar-refractivity contribution in [3.63, 3.8) is 0 Å². The number of fused-ring (bicyclic) bond motifs is 6. The first-order valence-electron chi connectivity index (χ1n) is 21.6. The summed E-state index contributed by atoms with van der Waals surface area (Å²) in [5, 5.41) is 0. The maximum atomic E-state index is 13.6. The Kier molecular flexibility index (Phi) is 13.1. The van der Waals surface area contributed by atoms with Gasteiger partial charge in [-0.05, 0) is 87.8 Å². The van der Waals surface area contributed by atoms with Crippen LogP contribution in [0.3, 0.4) is 0 Å². The van der Waals surface area contributed by atoms with Gasteiger partial charge in [-0.15, -0.1) is 0 Å². The highest BCUT2D eigenvalue weighted by molar-refractivity contribution is 6.29. The number of carbonyl (C=O) groups is 2. The summed E-state index contributed by atoms with van der Waals surface area (Å²) in [6.45, 7) is 4.70. The predicted octanol–water partition coefficient (Wildman–Crippen LogP) is 6.82. The Labute approximate surface area is 372 Å². The molecule has 4 heterocycles. The molecular weight excluding hydrogens is 825 g/mol. The van der Waals surface area contributed by atoms with E-state index in [2.05, 4.69) is 9.97 Å². The molecule has 6 atom stereocenters. The highest BCUT2D eigenvalue weighted by Crippen LogP contribution is 2.48. The fourth-order valence-electron chi connectivity index (χ4n) is 9.51. The Hall–Kier alpha value is -6.58. The molecule has 2 aromatic carbocycles. The van der Waals surface area contributed by atoms with Crippen molar-refractivity contribution in [2.75, 3.05) is 55.9 Å². The maximum Gasteiger partial charge on any atom is 0.417 e. The number of aliphatic imine (C=N–C) groups is 2. The van der Waals surface area contributed by atoms with Crippen LogP contribution in [0.2, 0.25) is 0 Å². The molecule has 4 aliphatic rings. The van der Waals surface area contributed by atoms with E-state index in [1.165, 1.54) is 0 Å². The van der Waals surface area contributed by atoms with E-state index in [1.807, 2.05) is 38.1 Å². The summed E-state index contributed by atoms with van der Waals surface area (Å²) in [6.07, 6.45) is 5.37. The molecule has 64 heavy (non-hydrogen) atoms. The third kappa shape index (κ3) is 8.44. The third-order valence-electron chi connectivity index (χ3n) is 12.5. The highest BCUT2D eigenvalue weighted by atomic mass is 16.6. The molecule has 16 heteroatoms. The lowest BCUT2D eigenvalue weighted by molar-refractivity contribution is -0.176. The van der Waals surface area contributed by atoms with Crippen molar-refractivity contribution < 1.29 is 57.0 Å². The van der Waals surface area contributed by atoms with Crippen molar-refractivity contribution in [2.45, 2.75) is 88.5 Å². The monoisotopic (exact) mass is 878 g/mol. The molecule has 0 spiro atoms. The second-order valence-corrected chi connectivity index (χ2v) is 15.9. The molecule has 0 bridgehead atoms. The van der Waals surface area contributed by atoms with Crippen molar-refractivity contribution in [3.8, 4) is 46.3 Å². The van der Waals surface area contributed by atoms with Gasteiger partial charge in [-0.25, -0.2) is 19.6 Å². The summed E-state index contributed by atoms with van der Waals surface area (Å²) in [5.74, 6) is 1.90. The van der Waals surface area contributed by atoms with Gasteiger partial charge in [0, 0.05) is 47.5 Å². The smallest absolute Gasteiger partial charge is 0.417 e. The van der Waals surface area contributed by atoms with E-state index in [-0.39, 0.29) is 23.9 Å². The zero-order valence-corrected chi connectivity index (χ0v) is 37.4. The quantitative estimate of drug-likeness (QED) is 0.0952. The number of hydrogen-bond acceptors (Lipinski definition) is 16. The number of benzene rings is 2. The van der Waals surface area contributed by atoms with Gasteiger partial charge in [0.25, 0.3) is 0 Å². The van der Waals surface area contributed by atoms with Crippen molar-refractivity contribution in [1.82, 2.24) is 9.97 Å². The van der Waals surface area contributed by atoms with Crippen LogP contribution in [-0.2, 0) is 19.1 Å². The summed E-state index contributed by atoms with van der Waals surface area (Å²) in [6, 6.07) is 10.9. The summed E-state index contributed by atoms with van der Waals surface area (Å²) >= 11 is 0. The van der Waals surface area contributed by atoms with Gasteiger partial charge in [-0.3, -0.25) is 9.98 Å². The SMILES string of the molecule is CCOc1cc2c(cc1OC)C(c1cnc(OC)cc1OC)=N[C@@H]1CC[C@@H](OC(=O)C(=O)O[C@@H]3CC[C@H]4N=C(c5cnc(OC)cc5OC)c5cc(OC)c(OCC)cc5[C@H]4C3)C[C@H]21. The van der Waals surface area contributed by atoms with Crippen LogP contribution in [0.4, 0.5) is 0 Å². The van der Waals surface area contributed by atoms with E-state index in [0.717, 1.165) is 22.3 Å². The first kappa shape index (κ1) is 44.0. The lowest BCUT2D eigenvalue weighted by Gasteiger charge is -2.39. The third-order valence-corrected chi connectivity index (χ3v) is 12.5. The van der Waals surface area contributed by atoms with Crippen LogP contribution in [0.25, 0.3) is 0 Å². The molecule has 2 aliphatic carbocycles. The number of methoxy groups -OCH3 is 6. The van der Waals surface area contributed by atoms with Crippen molar-refractivity contribution in [3.05, 3.63) is 82.2 Å². The summed E-state index contributed by atoms with van der Waals surface area (Å²) in [7, 11) is 9.47. The van der Waals surface area contributed by atoms with Gasteiger partial charge in [0.05, 0.1) is 90.5 Å². The molecule has 0 saturated heterocycles. The fourth-order valence-corrected chi connectivity index (χ4v) is 9.51. The van der Waals surface area contributed by atoms with E-state index in [1.54, 1.807) is 67.2 Å². The van der Waals surface area contributed by atoms with Gasteiger partial charge in [0.2, 0.25) is 11.8 Å². The zero-order chi connectivity index (χ0) is 45.1. The summed E-state index contributed by atoms with van der Waals surface area (Å²) in [5.41, 5.74) is 6.37. The van der Waals surface area contributed by atoms with Crippen LogP contribution in [0.5, 0.6) is 46.3 Å². The Morgan fingerprint density at radius 1 is 0.500 bits per heavy atom. The zero-order valence-electron chi connectivity index (χ0n) is 37.4. The van der Waals surface area contributed by atoms with Gasteiger partial charge < -0.3 is 47.4 Å². The van der Waals surface area contributed by atoms with Gasteiger partial charge in [-0.2, -0.15) is 0 Å². The minimum absolute atomic E-state index is 0.149. The molecule has 8 rings (SSSR count). The molecular formula is C48H54N4O12. The van der Waals surface area contributed by atoms with E-state index in [4.69, 9.17) is 57.4 Å². The van der Waals surface area contributed by atoms with Crippen LogP contribution >= 0.6 is 0 Å². The maximum absolute atomic E-state index is 13.6. The van der Waals surface area contributed by atoms with E-state index < -0.39 is 24.1 Å². The minimum atomic E-state index is -1.02. The van der Waals surface area contributed by atoms with Crippen LogP contribution in [0.1, 0.15) is 97.6 Å². The average Bonchev–Trinajstić information content (AvgIpc) is 3.32. The number of ether oxygens (including phenoxy) is 10. The Bertz CT molecular complexity index is 2300. The second-order valence-electron chi connectivity index (χ2n) is 15.9. The van der Waals surface area contributed by atoms with Crippen LogP contribution in [0.15, 0.2) is 58.8 Å². The fraction of sp³-hybridized carbons (Fsp3) is 0.458. The number of hydrogen-bond donors (Lipinski definition) is 0. The standard InChI is InChI=1S/C48H54N4O12/c1-9-61-41-17-27-29-15-25(11-13-35(29)51-45(31(27)19-39(41)57-5)33-23-49-43(59-7)21-37(33)55-3)63-47(53)48(54)64-26-12-14-36-30(16-26)28-18-42(62-10-2)40(58-6)20-32(28)46(52-36)34-24-50-44(60-8)22-38(34)56-4/h17-26,29-30,35-36H,9-16H2,1-8H3/t25-,26-,29-,30-,35-,36-/m1/s1. The molecule has 2 saturated carbocycles. The average molecular weight is 879 g/mol. The molecule has 0 N–H and O–H groups in total. The van der Waals surface area contributed by atoms with Crippen molar-refractivity contribution >= 4 is 23.4 Å². The number of carbonyl (C=O) groups excluding carboxylic acids is 2. The minimum Gasteiger partial charge on any atom is -0.496 e. The summed E-state index contributed by atoms with van der Waals surface area (Å²) < 4.78 is 57.7. The molecule has 2 aliphatic heterocycles. The summed E-state index contributed by atoms with van der Waals surface area (Å²) in [4.78, 5) is 46.6. The van der Waals surface area contributed by atoms with Gasteiger partial charge in [-0.1, -0.05) is 0 Å². The largest absolute Gasteiger partial charge is 0.496 e. The number of pyridine rings is 2. The topological polar surface area (TPSA) is 177 Å². The van der Waals surface area contributed by atoms with E-state index in [9.17, 15) is 9.59 Å². The lowest BCUT2D eigenvalue weighted by atomic mass is 9.74. The van der Waals surface area contributed by atoms with Crippen LogP contribution < -0.4 is 37.9 Å². The Morgan fingerprint density at radius 3 is 1.27 bits per heavy atom. The van der Waals surface area contributed by atoms with Crippen LogP contribution in [0, 0.1) is 0 Å². The lowest BCUT2D eigenvalue weighted by Crippen LogP contribution is -2.39. The molecule has 338 valence electrons. The number of esters is 2. The van der Waals surface area contributed by atoms with Gasteiger partial charge in [0.1, 0.15) is 23.7 Å². The molecule has 0 amide bonds. The Morgan fingerprint density at radius 2 is 0.906 bits per heavy atom. The van der Waals surface area contributed by atoms with Crippen molar-refractivity contribution in [2.24, 2.45) is 9.98 Å². The second kappa shape index (κ2) is 19.0. The predicted molar refractivity (Wildman–Crippen MR) is 235 cm³/mol. The number of rotatable bonds is 14. The number of aromatic nitrogens is 2. The molecule has 16 nitrogen and oxygen atoms in total. The number of nitrogens with zero attached hydrogens (tertiary/aromatic N) is 4. The van der Waals surface area contributed by atoms with Gasteiger partial charge >= 0.3 is 11.9 Å². The molecule has 0 unspecified atom stereocenters. The van der Waals surface area contributed by atoms with E-state index >= 15 is 0 Å². The first-order valence-corrected chi connectivity index (χ1v) is 21.6. The van der Waals surface area contributed by atoms with Crippen molar-refractivity contribution in [1.29, 1.82) is 0 Å². The Balaban J connectivity index is 1.00. The van der Waals surface area contributed by atoms with E-state index in [0.29, 0.717) is 121 Å². The molecule has 0 radical (unpaired) electrons. The normalized spacial score (nSPS) is 21.8.